The third-order valence-electron chi connectivity index (χ3n) is 2.88. The van der Waals surface area contributed by atoms with E-state index in [2.05, 4.69) is 10.3 Å². The lowest BCUT2D eigenvalue weighted by Gasteiger charge is -2.11. The van der Waals surface area contributed by atoms with Crippen molar-refractivity contribution in [2.75, 3.05) is 19.0 Å². The number of carbonyl (C=O) groups is 1. The summed E-state index contributed by atoms with van der Waals surface area (Å²) in [5.74, 6) is -0.344. The molecule has 20 heavy (non-hydrogen) atoms. The van der Waals surface area contributed by atoms with Crippen LogP contribution in [0.25, 0.3) is 0 Å². The predicted octanol–water partition coefficient (Wildman–Crippen LogP) is 2.44. The van der Waals surface area contributed by atoms with E-state index in [4.69, 9.17) is 9.84 Å². The van der Waals surface area contributed by atoms with Gasteiger partial charge in [0.15, 0.2) is 0 Å². The van der Waals surface area contributed by atoms with E-state index in [-0.39, 0.29) is 5.56 Å². The monoisotopic (exact) mass is 272 g/mol. The molecule has 0 radical (unpaired) electrons. The Labute approximate surface area is 117 Å². The van der Waals surface area contributed by atoms with Gasteiger partial charge in [0, 0.05) is 30.9 Å². The molecular formula is C15H16N2O3. The molecule has 2 N–H and O–H groups in total. The van der Waals surface area contributed by atoms with Crippen molar-refractivity contribution in [3.05, 3.63) is 53.9 Å². The number of aromatic carboxylic acids is 1. The van der Waals surface area contributed by atoms with Gasteiger partial charge < -0.3 is 15.2 Å². The van der Waals surface area contributed by atoms with Crippen LogP contribution in [0.15, 0.2) is 42.6 Å². The molecule has 1 aromatic heterocycles. The van der Waals surface area contributed by atoms with Crippen LogP contribution in [0.5, 0.6) is 5.75 Å². The van der Waals surface area contributed by atoms with Crippen LogP contribution in [-0.4, -0.2) is 29.7 Å². The number of pyridine rings is 1. The summed E-state index contributed by atoms with van der Waals surface area (Å²) in [5.41, 5.74) is 1.74. The van der Waals surface area contributed by atoms with Gasteiger partial charge in [-0.05, 0) is 24.3 Å². The molecule has 0 unspecified atom stereocenters. The molecule has 104 valence electrons. The summed E-state index contributed by atoms with van der Waals surface area (Å²) in [6.07, 6.45) is 2.46. The van der Waals surface area contributed by atoms with E-state index in [0.717, 1.165) is 12.1 Å². The molecule has 1 heterocycles. The molecule has 5 nitrogen and oxygen atoms in total. The Bertz CT molecular complexity index is 585. The lowest BCUT2D eigenvalue weighted by atomic mass is 10.1. The van der Waals surface area contributed by atoms with Gasteiger partial charge in [0.05, 0.1) is 18.4 Å². The highest BCUT2D eigenvalue weighted by Gasteiger charge is 2.10. The maximum absolute atomic E-state index is 11.2. The van der Waals surface area contributed by atoms with Crippen LogP contribution < -0.4 is 10.1 Å². The van der Waals surface area contributed by atoms with Gasteiger partial charge in [-0.15, -0.1) is 0 Å². The van der Waals surface area contributed by atoms with Crippen LogP contribution in [0.2, 0.25) is 0 Å². The minimum absolute atomic E-state index is 0.229. The highest BCUT2D eigenvalue weighted by molar-refractivity contribution is 5.94. The van der Waals surface area contributed by atoms with E-state index < -0.39 is 5.97 Å². The maximum atomic E-state index is 11.2. The zero-order chi connectivity index (χ0) is 14.4. The number of nitrogens with zero attached hydrogens (tertiary/aromatic N) is 1. The third-order valence-corrected chi connectivity index (χ3v) is 2.88. The Morgan fingerprint density at radius 2 is 2.20 bits per heavy atom. The summed E-state index contributed by atoms with van der Waals surface area (Å²) < 4.78 is 5.11. The first kappa shape index (κ1) is 13.9. The maximum Gasteiger partial charge on any atom is 0.337 e. The number of benzene rings is 1. The largest absolute Gasteiger partial charge is 0.497 e. The summed E-state index contributed by atoms with van der Waals surface area (Å²) in [5, 5.41) is 12.3. The first-order chi connectivity index (χ1) is 9.70. The van der Waals surface area contributed by atoms with Crippen LogP contribution in [-0.2, 0) is 6.42 Å². The molecule has 5 heteroatoms. The van der Waals surface area contributed by atoms with Crippen LogP contribution >= 0.6 is 0 Å². The lowest BCUT2D eigenvalue weighted by molar-refractivity contribution is 0.0698. The number of methoxy groups -OCH3 is 1. The molecule has 0 bridgehead atoms. The summed E-state index contributed by atoms with van der Waals surface area (Å²) >= 11 is 0. The number of carboxylic acids is 1. The Hall–Kier alpha value is -2.56. The predicted molar refractivity (Wildman–Crippen MR) is 76.4 cm³/mol. The van der Waals surface area contributed by atoms with Crippen LogP contribution in [0.4, 0.5) is 5.69 Å². The summed E-state index contributed by atoms with van der Waals surface area (Å²) in [4.78, 5) is 15.4. The summed E-state index contributed by atoms with van der Waals surface area (Å²) in [6.45, 7) is 0.602. The van der Waals surface area contributed by atoms with E-state index >= 15 is 0 Å². The number of hydrogen-bond acceptors (Lipinski definition) is 4. The second kappa shape index (κ2) is 6.56. The van der Waals surface area contributed by atoms with Crippen molar-refractivity contribution in [1.82, 2.24) is 4.98 Å². The van der Waals surface area contributed by atoms with Gasteiger partial charge in [0.2, 0.25) is 0 Å². The van der Waals surface area contributed by atoms with Gasteiger partial charge in [-0.1, -0.05) is 6.07 Å². The minimum Gasteiger partial charge on any atom is -0.497 e. The average molecular weight is 272 g/mol. The molecule has 0 fully saturated rings. The molecule has 0 saturated heterocycles. The normalized spacial score (nSPS) is 10.1. The number of hydrogen-bond donors (Lipinski definition) is 2. The SMILES string of the molecule is COc1ccc(C(=O)O)c(NCCc2ccccn2)c1. The van der Waals surface area contributed by atoms with Crippen molar-refractivity contribution < 1.29 is 14.6 Å². The number of ether oxygens (including phenoxy) is 1. The third kappa shape index (κ3) is 3.47. The number of carboxylic acid groups (broad SMARTS) is 1. The Balaban J connectivity index is 2.06. The van der Waals surface area contributed by atoms with Gasteiger partial charge in [-0.25, -0.2) is 4.79 Å². The van der Waals surface area contributed by atoms with Gasteiger partial charge in [0.1, 0.15) is 5.75 Å². The van der Waals surface area contributed by atoms with E-state index in [1.54, 1.807) is 25.4 Å². The topological polar surface area (TPSA) is 71.5 Å². The van der Waals surface area contributed by atoms with Crippen molar-refractivity contribution in [3.63, 3.8) is 0 Å². The molecule has 2 rings (SSSR count). The zero-order valence-corrected chi connectivity index (χ0v) is 11.2. The van der Waals surface area contributed by atoms with Gasteiger partial charge in [0.25, 0.3) is 0 Å². The average Bonchev–Trinajstić information content (AvgIpc) is 2.48. The highest BCUT2D eigenvalue weighted by atomic mass is 16.5. The molecule has 1 aromatic carbocycles. The van der Waals surface area contributed by atoms with Gasteiger partial charge in [-0.2, -0.15) is 0 Å². The van der Waals surface area contributed by atoms with E-state index in [1.165, 1.54) is 6.07 Å². The van der Waals surface area contributed by atoms with Crippen molar-refractivity contribution >= 4 is 11.7 Å². The Kier molecular flexibility index (Phi) is 4.55. The molecule has 0 amide bonds. The molecule has 2 aromatic rings. The number of rotatable bonds is 6. The molecule has 0 saturated carbocycles. The van der Waals surface area contributed by atoms with Crippen molar-refractivity contribution in [2.24, 2.45) is 0 Å². The second-order valence-corrected chi connectivity index (χ2v) is 4.21. The highest BCUT2D eigenvalue weighted by Crippen LogP contribution is 2.22. The zero-order valence-electron chi connectivity index (χ0n) is 11.2. The fourth-order valence-electron chi connectivity index (χ4n) is 1.85. The fraction of sp³-hybridized carbons (Fsp3) is 0.200. The molecule has 0 spiro atoms. The van der Waals surface area contributed by atoms with Crippen molar-refractivity contribution in [1.29, 1.82) is 0 Å². The summed E-state index contributed by atoms with van der Waals surface area (Å²) in [7, 11) is 1.55. The first-order valence-electron chi connectivity index (χ1n) is 6.26. The number of anilines is 1. The van der Waals surface area contributed by atoms with E-state index in [9.17, 15) is 4.79 Å². The minimum atomic E-state index is -0.965. The second-order valence-electron chi connectivity index (χ2n) is 4.21. The quantitative estimate of drug-likeness (QED) is 0.845. The van der Waals surface area contributed by atoms with Crippen molar-refractivity contribution in [2.45, 2.75) is 6.42 Å². The van der Waals surface area contributed by atoms with Crippen LogP contribution in [0.3, 0.4) is 0 Å². The van der Waals surface area contributed by atoms with E-state index in [1.807, 2.05) is 18.2 Å². The molecule has 0 aliphatic rings. The number of nitrogens with one attached hydrogen (secondary N) is 1. The number of aromatic nitrogens is 1. The molecule has 0 aliphatic carbocycles. The first-order valence-corrected chi connectivity index (χ1v) is 6.26. The lowest BCUT2D eigenvalue weighted by Crippen LogP contribution is -2.10. The van der Waals surface area contributed by atoms with Gasteiger partial charge >= 0.3 is 5.97 Å². The fourth-order valence-corrected chi connectivity index (χ4v) is 1.85. The Morgan fingerprint density at radius 3 is 2.85 bits per heavy atom. The standard InChI is InChI=1S/C15H16N2O3/c1-20-12-5-6-13(15(18)19)14(10-12)17-9-7-11-4-2-3-8-16-11/h2-6,8,10,17H,7,9H2,1H3,(H,18,19). The van der Waals surface area contributed by atoms with Gasteiger partial charge in [-0.3, -0.25) is 4.98 Å². The van der Waals surface area contributed by atoms with E-state index in [0.29, 0.717) is 18.0 Å². The van der Waals surface area contributed by atoms with Crippen LogP contribution in [0.1, 0.15) is 16.1 Å². The smallest absolute Gasteiger partial charge is 0.337 e. The molecule has 0 aliphatic heterocycles. The molecule has 0 atom stereocenters. The van der Waals surface area contributed by atoms with Crippen molar-refractivity contribution in [3.8, 4) is 5.75 Å². The van der Waals surface area contributed by atoms with Crippen LogP contribution in [0, 0.1) is 0 Å². The summed E-state index contributed by atoms with van der Waals surface area (Å²) in [6, 6.07) is 10.6. The molecular weight excluding hydrogens is 256 g/mol. The Morgan fingerprint density at radius 1 is 1.35 bits per heavy atom.